The minimum atomic E-state index is -2.76. The van der Waals surface area contributed by atoms with Gasteiger partial charge in [-0.05, 0) is 79.6 Å². The van der Waals surface area contributed by atoms with Crippen LogP contribution in [0.5, 0.6) is 5.75 Å². The number of hydrogen-bond acceptors (Lipinski definition) is 13. The molecule has 0 heterocycles. The molecule has 13 nitrogen and oxygen atoms in total. The van der Waals surface area contributed by atoms with Gasteiger partial charge in [-0.1, -0.05) is 18.2 Å². The van der Waals surface area contributed by atoms with Crippen LogP contribution in [0, 0.1) is 0 Å². The van der Waals surface area contributed by atoms with Gasteiger partial charge in [0.1, 0.15) is 19.0 Å². The largest absolute Gasteiger partial charge is 0.500 e. The summed E-state index contributed by atoms with van der Waals surface area (Å²) >= 11 is 0. The molecule has 50 heavy (non-hydrogen) atoms. The van der Waals surface area contributed by atoms with Crippen molar-refractivity contribution in [3.05, 3.63) is 30.3 Å². The maximum absolute atomic E-state index is 12.6. The molecule has 1 aromatic rings. The molecule has 0 saturated carbocycles. The van der Waals surface area contributed by atoms with Crippen LogP contribution in [0.3, 0.4) is 0 Å². The van der Waals surface area contributed by atoms with Gasteiger partial charge in [0.2, 0.25) is 0 Å². The van der Waals surface area contributed by atoms with E-state index >= 15 is 0 Å². The van der Waals surface area contributed by atoms with Crippen LogP contribution in [0.1, 0.15) is 60.8 Å². The Hall–Kier alpha value is -1.48. The summed E-state index contributed by atoms with van der Waals surface area (Å²) in [5, 5.41) is 0. The van der Waals surface area contributed by atoms with E-state index in [1.54, 1.807) is 0 Å². The predicted molar refractivity (Wildman–Crippen MR) is 197 cm³/mol. The van der Waals surface area contributed by atoms with Crippen LogP contribution in [0.4, 0.5) is 0 Å². The lowest BCUT2D eigenvalue weighted by Crippen LogP contribution is -2.47. The van der Waals surface area contributed by atoms with Crippen molar-refractivity contribution in [3.8, 4) is 5.75 Å². The summed E-state index contributed by atoms with van der Waals surface area (Å²) in [5.74, 6) is 0.569. The summed E-state index contributed by atoms with van der Waals surface area (Å²) in [6.45, 7) is 20.4. The summed E-state index contributed by atoms with van der Waals surface area (Å²) in [6.07, 6.45) is 1.91. The first-order valence-corrected chi connectivity index (χ1v) is 22.4. The van der Waals surface area contributed by atoms with E-state index in [0.29, 0.717) is 105 Å². The van der Waals surface area contributed by atoms with Crippen molar-refractivity contribution < 1.29 is 55.0 Å². The molecule has 0 spiro atoms. The lowest BCUT2D eigenvalue weighted by Gasteiger charge is -2.31. The summed E-state index contributed by atoms with van der Waals surface area (Å²) < 4.78 is 63.9. The van der Waals surface area contributed by atoms with Crippen LogP contribution in [0.25, 0.3) is 0 Å². The van der Waals surface area contributed by atoms with Gasteiger partial charge in [0.25, 0.3) is 0 Å². The Morgan fingerprint density at radius 3 is 1.36 bits per heavy atom. The van der Waals surface area contributed by atoms with E-state index in [1.165, 1.54) is 0 Å². The van der Waals surface area contributed by atoms with E-state index < -0.39 is 17.6 Å². The second-order valence-corrected chi connectivity index (χ2v) is 16.4. The third-order valence-corrected chi connectivity index (χ3v) is 13.5. The van der Waals surface area contributed by atoms with E-state index in [0.717, 1.165) is 31.7 Å². The molecule has 15 heteroatoms. The molecule has 1 aromatic carbocycles. The minimum Gasteiger partial charge on any atom is -0.491 e. The third kappa shape index (κ3) is 22.5. The zero-order valence-electron chi connectivity index (χ0n) is 31.8. The minimum absolute atomic E-state index is 0.194. The molecule has 0 aliphatic carbocycles. The van der Waals surface area contributed by atoms with Crippen molar-refractivity contribution in [2.45, 2.75) is 72.9 Å². The molecule has 0 N–H and O–H groups in total. The fourth-order valence-corrected chi connectivity index (χ4v) is 10.4. The number of nitrogens with zero attached hydrogens (tertiary/aromatic N) is 1. The quantitative estimate of drug-likeness (QED) is 0.0507. The Kier molecular flexibility index (Phi) is 28.9. The maximum atomic E-state index is 12.6. The number of rotatable bonds is 36. The van der Waals surface area contributed by atoms with Crippen LogP contribution in [0.15, 0.2) is 30.3 Å². The van der Waals surface area contributed by atoms with Crippen molar-refractivity contribution in [2.75, 3.05) is 112 Å². The Bertz CT molecular complexity index is 855. The topological polar surface area (TPSA) is 122 Å². The fraction of sp³-hybridized carbons (Fsp3) is 0.800. The molecule has 0 amide bonds. The number of ether oxygens (including phenoxy) is 5. The second-order valence-electron chi connectivity index (χ2n) is 11.0. The van der Waals surface area contributed by atoms with Crippen molar-refractivity contribution in [1.29, 1.82) is 0 Å². The highest BCUT2D eigenvalue weighted by Crippen LogP contribution is 2.21. The van der Waals surface area contributed by atoms with Gasteiger partial charge in [-0.2, -0.15) is 0 Å². The first kappa shape index (κ1) is 46.5. The Labute approximate surface area is 304 Å². The van der Waals surface area contributed by atoms with Gasteiger partial charge < -0.3 is 55.1 Å². The molecule has 0 bridgehead atoms. The summed E-state index contributed by atoms with van der Waals surface area (Å²) in [4.78, 5) is 14.9. The average Bonchev–Trinajstić information content (AvgIpc) is 3.10. The van der Waals surface area contributed by atoms with Crippen LogP contribution < -0.4 is 4.74 Å². The maximum Gasteiger partial charge on any atom is 0.500 e. The van der Waals surface area contributed by atoms with Gasteiger partial charge in [0.15, 0.2) is 0 Å². The molecule has 0 aliphatic rings. The number of esters is 1. The van der Waals surface area contributed by atoms with Gasteiger partial charge in [-0.15, -0.1) is 0 Å². The van der Waals surface area contributed by atoms with Crippen molar-refractivity contribution in [1.82, 2.24) is 4.90 Å². The Balaban J connectivity index is 2.42. The van der Waals surface area contributed by atoms with Crippen LogP contribution in [-0.4, -0.2) is 141 Å². The molecule has 0 atom stereocenters. The first-order chi connectivity index (χ1) is 24.4. The van der Waals surface area contributed by atoms with Crippen LogP contribution in [-0.2, 0) is 50.3 Å². The molecule has 1 rings (SSSR count). The van der Waals surface area contributed by atoms with Crippen LogP contribution in [0.2, 0.25) is 12.1 Å². The molecule has 0 aliphatic heterocycles. The van der Waals surface area contributed by atoms with Crippen LogP contribution >= 0.6 is 0 Å². The number of carbonyl (C=O) groups is 1. The lowest BCUT2D eigenvalue weighted by molar-refractivity contribution is -0.145. The molecule has 0 saturated heterocycles. The van der Waals surface area contributed by atoms with E-state index in [1.807, 2.05) is 71.9 Å². The molecular formula is C35H67NO12Si2. The highest BCUT2D eigenvalue weighted by Gasteiger charge is 2.41. The number of hydrogen-bond donors (Lipinski definition) is 0. The second kappa shape index (κ2) is 31.1. The Morgan fingerprint density at radius 2 is 0.940 bits per heavy atom. The van der Waals surface area contributed by atoms with E-state index in [-0.39, 0.29) is 19.0 Å². The van der Waals surface area contributed by atoms with E-state index in [9.17, 15) is 4.79 Å². The van der Waals surface area contributed by atoms with E-state index in [4.69, 9.17) is 50.2 Å². The smallest absolute Gasteiger partial charge is 0.491 e. The monoisotopic (exact) mass is 749 g/mol. The van der Waals surface area contributed by atoms with Crippen molar-refractivity contribution >= 4 is 23.6 Å². The van der Waals surface area contributed by atoms with Crippen molar-refractivity contribution in [2.24, 2.45) is 0 Å². The standard InChI is InChI=1S/C35H67NO12Si2/c1-7-43-49(44-8-2,45-9-3)32-16-21-36(22-17-33-50(46-10-4,47-11-5)48-12-6)23-20-35(37)42-31-29-40-27-25-38-24-26-39-28-30-41-34-18-14-13-15-19-34/h13-15,18-19H,7-12,16-17,20-33H2,1-6H3. The molecule has 0 fully saturated rings. The summed E-state index contributed by atoms with van der Waals surface area (Å²) in [5.41, 5.74) is 0. The summed E-state index contributed by atoms with van der Waals surface area (Å²) in [6, 6.07) is 11.0. The van der Waals surface area contributed by atoms with Gasteiger partial charge in [-0.25, -0.2) is 0 Å². The SMILES string of the molecule is CCO[Si](CCCN(CCC[Si](OCC)(OCC)OCC)CCC(=O)OCCOCCOCCOCCOc1ccccc1)(OCC)OCC. The summed E-state index contributed by atoms with van der Waals surface area (Å²) in [7, 11) is -5.52. The lowest BCUT2D eigenvalue weighted by atomic mass is 10.3. The van der Waals surface area contributed by atoms with Gasteiger partial charge in [0, 0.05) is 58.3 Å². The Morgan fingerprint density at radius 1 is 0.540 bits per heavy atom. The number of carbonyl (C=O) groups excluding carboxylic acids is 1. The highest BCUT2D eigenvalue weighted by molar-refractivity contribution is 6.61. The normalized spacial score (nSPS) is 12.1. The first-order valence-electron chi connectivity index (χ1n) is 18.5. The zero-order valence-corrected chi connectivity index (χ0v) is 33.8. The van der Waals surface area contributed by atoms with Gasteiger partial charge in [0.05, 0.1) is 46.1 Å². The number of para-hydroxylation sites is 1. The zero-order chi connectivity index (χ0) is 36.6. The van der Waals surface area contributed by atoms with Gasteiger partial charge in [-0.3, -0.25) is 4.79 Å². The highest BCUT2D eigenvalue weighted by atomic mass is 28.4. The fourth-order valence-electron chi connectivity index (χ4n) is 5.19. The molecular weight excluding hydrogens is 683 g/mol. The third-order valence-electron chi connectivity index (χ3n) is 7.21. The molecule has 0 radical (unpaired) electrons. The molecule has 0 unspecified atom stereocenters. The van der Waals surface area contributed by atoms with Gasteiger partial charge >= 0.3 is 23.6 Å². The van der Waals surface area contributed by atoms with Crippen molar-refractivity contribution in [3.63, 3.8) is 0 Å². The predicted octanol–water partition coefficient (Wildman–Crippen LogP) is 5.23. The number of benzene rings is 1. The molecule has 0 aromatic heterocycles. The van der Waals surface area contributed by atoms with E-state index in [2.05, 4.69) is 4.90 Å². The average molecular weight is 750 g/mol. The molecule has 292 valence electrons.